The van der Waals surface area contributed by atoms with E-state index < -0.39 is 4.92 Å². The van der Waals surface area contributed by atoms with Crippen LogP contribution in [0.15, 0.2) is 12.1 Å². The van der Waals surface area contributed by atoms with Crippen molar-refractivity contribution in [2.24, 2.45) is 5.73 Å². The Kier molecular flexibility index (Phi) is 2.17. The molecule has 0 bridgehead atoms. The highest BCUT2D eigenvalue weighted by molar-refractivity contribution is 5.64. The van der Waals surface area contributed by atoms with Gasteiger partial charge in [0, 0.05) is 17.5 Å². The zero-order chi connectivity index (χ0) is 12.1. The number of benzene rings is 1. The van der Waals surface area contributed by atoms with Crippen LogP contribution in [0.4, 0.5) is 11.4 Å². The van der Waals surface area contributed by atoms with Gasteiger partial charge in [-0.15, -0.1) is 0 Å². The number of rotatable bonds is 1. The van der Waals surface area contributed by atoms with E-state index in [4.69, 9.17) is 11.5 Å². The molecule has 0 radical (unpaired) electrons. The second-order valence-corrected chi connectivity index (χ2v) is 4.86. The van der Waals surface area contributed by atoms with Gasteiger partial charge in [0.2, 0.25) is 0 Å². The molecule has 0 aromatic heterocycles. The molecule has 0 aliphatic heterocycles. The molecule has 0 heterocycles. The molecule has 5 nitrogen and oxygen atoms in total. The summed E-state index contributed by atoms with van der Waals surface area (Å²) in [6, 6.07) is 3.24. The molecule has 1 atom stereocenters. The van der Waals surface area contributed by atoms with E-state index in [1.807, 2.05) is 13.8 Å². The number of nitrogens with two attached hydrogens (primary N) is 2. The van der Waals surface area contributed by atoms with Crippen molar-refractivity contribution in [3.05, 3.63) is 33.4 Å². The molecule has 0 saturated carbocycles. The Hall–Kier alpha value is -1.62. The number of nitrogens with zero attached hydrogens (tertiary/aromatic N) is 1. The fourth-order valence-electron chi connectivity index (χ4n) is 2.27. The highest BCUT2D eigenvalue weighted by Gasteiger charge is 2.38. The highest BCUT2D eigenvalue weighted by atomic mass is 16.6. The summed E-state index contributed by atoms with van der Waals surface area (Å²) < 4.78 is 0. The third-order valence-electron chi connectivity index (χ3n) is 3.51. The maximum Gasteiger partial charge on any atom is 0.292 e. The average Bonchev–Trinajstić information content (AvgIpc) is 2.36. The molecule has 5 heteroatoms. The lowest BCUT2D eigenvalue weighted by Gasteiger charge is -2.24. The fraction of sp³-hybridized carbons (Fsp3) is 0.455. The van der Waals surface area contributed by atoms with Crippen LogP contribution in [0.5, 0.6) is 0 Å². The number of nitro groups is 1. The Morgan fingerprint density at radius 3 is 2.69 bits per heavy atom. The summed E-state index contributed by atoms with van der Waals surface area (Å²) >= 11 is 0. The van der Waals surface area contributed by atoms with Gasteiger partial charge in [-0.2, -0.15) is 0 Å². The topological polar surface area (TPSA) is 95.2 Å². The van der Waals surface area contributed by atoms with Gasteiger partial charge in [0.05, 0.1) is 4.92 Å². The average molecular weight is 221 g/mol. The number of fused-ring (bicyclic) bond motifs is 1. The molecule has 0 saturated heterocycles. The standard InChI is InChI=1S/C11H15N3O2/c1-11(2)7-5-9(14(15)16)8(12)3-6(7)4-10(11)13/h3,5,10H,4,12-13H2,1-2H3. The third kappa shape index (κ3) is 1.36. The summed E-state index contributed by atoms with van der Waals surface area (Å²) in [6.07, 6.45) is 0.727. The van der Waals surface area contributed by atoms with Crippen molar-refractivity contribution in [1.29, 1.82) is 0 Å². The van der Waals surface area contributed by atoms with E-state index in [1.165, 1.54) is 0 Å². The largest absolute Gasteiger partial charge is 0.393 e. The van der Waals surface area contributed by atoms with Crippen molar-refractivity contribution in [1.82, 2.24) is 0 Å². The SMILES string of the molecule is CC1(C)c2cc([N+](=O)[O-])c(N)cc2CC1N. The molecule has 0 fully saturated rings. The van der Waals surface area contributed by atoms with Crippen LogP contribution in [-0.2, 0) is 11.8 Å². The minimum atomic E-state index is -0.449. The third-order valence-corrected chi connectivity index (χ3v) is 3.51. The number of nitro benzene ring substituents is 1. The molecule has 86 valence electrons. The Bertz CT molecular complexity index is 469. The van der Waals surface area contributed by atoms with Crippen LogP contribution in [0.2, 0.25) is 0 Å². The lowest BCUT2D eigenvalue weighted by molar-refractivity contribution is -0.384. The Morgan fingerprint density at radius 2 is 2.12 bits per heavy atom. The number of nitrogen functional groups attached to an aromatic ring is 1. The molecule has 2 rings (SSSR count). The fourth-order valence-corrected chi connectivity index (χ4v) is 2.27. The van der Waals surface area contributed by atoms with Crippen LogP contribution in [0.3, 0.4) is 0 Å². The van der Waals surface area contributed by atoms with Gasteiger partial charge in [0.1, 0.15) is 5.69 Å². The number of hydrogen-bond acceptors (Lipinski definition) is 4. The van der Waals surface area contributed by atoms with Gasteiger partial charge in [0.15, 0.2) is 0 Å². The quantitative estimate of drug-likeness (QED) is 0.425. The van der Waals surface area contributed by atoms with Crippen LogP contribution in [0.25, 0.3) is 0 Å². The second-order valence-electron chi connectivity index (χ2n) is 4.86. The molecule has 4 N–H and O–H groups in total. The first-order valence-corrected chi connectivity index (χ1v) is 5.17. The molecule has 0 amide bonds. The van der Waals surface area contributed by atoms with Crippen molar-refractivity contribution >= 4 is 11.4 Å². The lowest BCUT2D eigenvalue weighted by Crippen LogP contribution is -2.36. The summed E-state index contributed by atoms with van der Waals surface area (Å²) in [4.78, 5) is 10.4. The van der Waals surface area contributed by atoms with Crippen molar-refractivity contribution in [3.8, 4) is 0 Å². The molecule has 1 unspecified atom stereocenters. The van der Waals surface area contributed by atoms with E-state index >= 15 is 0 Å². The summed E-state index contributed by atoms with van der Waals surface area (Å²) in [5.41, 5.74) is 13.6. The Balaban J connectivity index is 2.63. The zero-order valence-corrected chi connectivity index (χ0v) is 9.36. The smallest absolute Gasteiger partial charge is 0.292 e. The molecule has 1 aromatic carbocycles. The van der Waals surface area contributed by atoms with E-state index in [2.05, 4.69) is 0 Å². The maximum atomic E-state index is 10.8. The predicted molar refractivity (Wildman–Crippen MR) is 62.2 cm³/mol. The van der Waals surface area contributed by atoms with E-state index in [0.717, 1.165) is 17.5 Å². The Morgan fingerprint density at radius 1 is 1.50 bits per heavy atom. The molecular weight excluding hydrogens is 206 g/mol. The summed E-state index contributed by atoms with van der Waals surface area (Å²) in [5.74, 6) is 0. The van der Waals surface area contributed by atoms with E-state index in [0.29, 0.717) is 0 Å². The van der Waals surface area contributed by atoms with Crippen LogP contribution in [-0.4, -0.2) is 11.0 Å². The van der Waals surface area contributed by atoms with Crippen LogP contribution < -0.4 is 11.5 Å². The summed E-state index contributed by atoms with van der Waals surface area (Å²) in [6.45, 7) is 4.01. The molecule has 1 aliphatic rings. The molecule has 0 spiro atoms. The van der Waals surface area contributed by atoms with E-state index in [1.54, 1.807) is 12.1 Å². The number of anilines is 1. The first-order valence-electron chi connectivity index (χ1n) is 5.17. The van der Waals surface area contributed by atoms with Crippen molar-refractivity contribution < 1.29 is 4.92 Å². The number of hydrogen-bond donors (Lipinski definition) is 2. The van der Waals surface area contributed by atoms with Crippen LogP contribution >= 0.6 is 0 Å². The van der Waals surface area contributed by atoms with E-state index in [9.17, 15) is 10.1 Å². The van der Waals surface area contributed by atoms with Crippen LogP contribution in [0, 0.1) is 10.1 Å². The van der Waals surface area contributed by atoms with Crippen molar-refractivity contribution in [3.63, 3.8) is 0 Å². The van der Waals surface area contributed by atoms with Gasteiger partial charge < -0.3 is 11.5 Å². The van der Waals surface area contributed by atoms with Crippen molar-refractivity contribution in [2.75, 3.05) is 5.73 Å². The van der Waals surface area contributed by atoms with Crippen LogP contribution in [0.1, 0.15) is 25.0 Å². The minimum absolute atomic E-state index is 0.0103. The van der Waals surface area contributed by atoms with Crippen molar-refractivity contribution in [2.45, 2.75) is 31.7 Å². The molecule has 1 aromatic rings. The molecule has 16 heavy (non-hydrogen) atoms. The summed E-state index contributed by atoms with van der Waals surface area (Å²) in [5, 5.41) is 10.8. The van der Waals surface area contributed by atoms with E-state index in [-0.39, 0.29) is 22.8 Å². The lowest BCUT2D eigenvalue weighted by atomic mass is 9.83. The first kappa shape index (κ1) is 10.9. The van der Waals surface area contributed by atoms with Gasteiger partial charge in [-0.05, 0) is 23.6 Å². The van der Waals surface area contributed by atoms with Gasteiger partial charge in [-0.3, -0.25) is 10.1 Å². The minimum Gasteiger partial charge on any atom is -0.393 e. The Labute approximate surface area is 93.6 Å². The monoisotopic (exact) mass is 221 g/mol. The van der Waals surface area contributed by atoms with Gasteiger partial charge in [-0.1, -0.05) is 13.8 Å². The van der Waals surface area contributed by atoms with Gasteiger partial charge >= 0.3 is 0 Å². The molecular formula is C11H15N3O2. The first-order chi connectivity index (χ1) is 7.34. The predicted octanol–water partition coefficient (Wildman–Crippen LogP) is 1.34. The zero-order valence-electron chi connectivity index (χ0n) is 9.36. The highest BCUT2D eigenvalue weighted by Crippen LogP contribution is 2.41. The molecule has 1 aliphatic carbocycles. The van der Waals surface area contributed by atoms with Gasteiger partial charge in [-0.25, -0.2) is 0 Å². The van der Waals surface area contributed by atoms with Gasteiger partial charge in [0.25, 0.3) is 5.69 Å². The normalized spacial score (nSPS) is 21.8. The summed E-state index contributed by atoms with van der Waals surface area (Å²) in [7, 11) is 0. The maximum absolute atomic E-state index is 10.8. The second kappa shape index (κ2) is 3.18.